The summed E-state index contributed by atoms with van der Waals surface area (Å²) in [5.41, 5.74) is 1.99. The number of likely N-dealkylation sites (tertiary alicyclic amines) is 1. The van der Waals surface area contributed by atoms with Gasteiger partial charge in [0.1, 0.15) is 0 Å². The minimum atomic E-state index is 0.664. The summed E-state index contributed by atoms with van der Waals surface area (Å²) in [5.74, 6) is 0.895. The Kier molecular flexibility index (Phi) is 6.93. The molecular weight excluding hydrogens is 314 g/mol. The van der Waals surface area contributed by atoms with Gasteiger partial charge in [0.15, 0.2) is 5.11 Å². The largest absolute Gasteiger partial charge is 0.362 e. The van der Waals surface area contributed by atoms with Crippen molar-refractivity contribution in [1.29, 1.82) is 0 Å². The molecule has 0 aliphatic carbocycles. The summed E-state index contributed by atoms with van der Waals surface area (Å²) >= 11 is 11.5. The summed E-state index contributed by atoms with van der Waals surface area (Å²) in [5, 5.41) is 7.92. The highest BCUT2D eigenvalue weighted by molar-refractivity contribution is 7.80. The normalized spacial score (nSPS) is 16.5. The summed E-state index contributed by atoms with van der Waals surface area (Å²) in [6.07, 6.45) is 3.79. The van der Waals surface area contributed by atoms with E-state index < -0.39 is 0 Å². The number of nitrogens with zero attached hydrogens (tertiary/aromatic N) is 1. The Morgan fingerprint density at radius 2 is 2.09 bits per heavy atom. The van der Waals surface area contributed by atoms with E-state index >= 15 is 0 Å². The van der Waals surface area contributed by atoms with Gasteiger partial charge in [-0.1, -0.05) is 24.6 Å². The molecule has 3 nitrogen and oxygen atoms in total. The minimum absolute atomic E-state index is 0.664. The maximum Gasteiger partial charge on any atom is 0.170 e. The van der Waals surface area contributed by atoms with Gasteiger partial charge in [-0.25, -0.2) is 0 Å². The van der Waals surface area contributed by atoms with E-state index in [0.29, 0.717) is 5.11 Å². The van der Waals surface area contributed by atoms with Crippen molar-refractivity contribution in [3.05, 3.63) is 28.8 Å². The number of hydrogen-bond donors (Lipinski definition) is 2. The summed E-state index contributed by atoms with van der Waals surface area (Å²) in [7, 11) is 0. The molecule has 0 unspecified atom stereocenters. The SMILES string of the molecule is Cc1c(Cl)cccc1NC(=S)NCCCN1CCC(C)CC1. The molecule has 1 fully saturated rings. The second kappa shape index (κ2) is 8.70. The molecule has 0 saturated carbocycles. The highest BCUT2D eigenvalue weighted by atomic mass is 35.5. The summed E-state index contributed by atoms with van der Waals surface area (Å²) in [4.78, 5) is 2.55. The molecule has 1 saturated heterocycles. The Balaban J connectivity index is 1.65. The minimum Gasteiger partial charge on any atom is -0.362 e. The molecule has 122 valence electrons. The van der Waals surface area contributed by atoms with E-state index in [1.807, 2.05) is 25.1 Å². The molecule has 1 aromatic rings. The Labute approximate surface area is 144 Å². The van der Waals surface area contributed by atoms with Crippen molar-refractivity contribution >= 4 is 34.6 Å². The molecule has 2 rings (SSSR count). The zero-order valence-electron chi connectivity index (χ0n) is 13.5. The highest BCUT2D eigenvalue weighted by Crippen LogP contribution is 2.22. The second-order valence-electron chi connectivity index (χ2n) is 6.17. The first-order valence-electron chi connectivity index (χ1n) is 8.08. The van der Waals surface area contributed by atoms with Crippen molar-refractivity contribution in [1.82, 2.24) is 10.2 Å². The average molecular weight is 340 g/mol. The fourth-order valence-corrected chi connectivity index (χ4v) is 3.09. The number of benzene rings is 1. The van der Waals surface area contributed by atoms with E-state index in [4.69, 9.17) is 23.8 Å². The number of rotatable bonds is 5. The van der Waals surface area contributed by atoms with E-state index in [1.54, 1.807) is 0 Å². The first kappa shape index (κ1) is 17.5. The number of halogens is 1. The van der Waals surface area contributed by atoms with Crippen LogP contribution >= 0.6 is 23.8 Å². The third-order valence-electron chi connectivity index (χ3n) is 4.33. The van der Waals surface area contributed by atoms with Crippen molar-refractivity contribution in [3.8, 4) is 0 Å². The van der Waals surface area contributed by atoms with Crippen LogP contribution < -0.4 is 10.6 Å². The van der Waals surface area contributed by atoms with E-state index in [9.17, 15) is 0 Å². The Morgan fingerprint density at radius 3 is 2.82 bits per heavy atom. The number of nitrogens with one attached hydrogen (secondary N) is 2. The Morgan fingerprint density at radius 1 is 1.36 bits per heavy atom. The predicted octanol–water partition coefficient (Wildman–Crippen LogP) is 4.06. The number of hydrogen-bond acceptors (Lipinski definition) is 2. The topological polar surface area (TPSA) is 27.3 Å². The molecule has 0 radical (unpaired) electrons. The van der Waals surface area contributed by atoms with Gasteiger partial charge in [-0.3, -0.25) is 0 Å². The second-order valence-corrected chi connectivity index (χ2v) is 6.99. The fourth-order valence-electron chi connectivity index (χ4n) is 2.70. The van der Waals surface area contributed by atoms with Crippen LogP contribution in [-0.4, -0.2) is 36.2 Å². The molecule has 1 aliphatic heterocycles. The van der Waals surface area contributed by atoms with Gasteiger partial charge in [-0.2, -0.15) is 0 Å². The first-order valence-corrected chi connectivity index (χ1v) is 8.87. The lowest BCUT2D eigenvalue weighted by Crippen LogP contribution is -2.36. The van der Waals surface area contributed by atoms with Crippen LogP contribution in [0, 0.1) is 12.8 Å². The molecule has 1 heterocycles. The van der Waals surface area contributed by atoms with E-state index in [0.717, 1.165) is 41.7 Å². The average Bonchev–Trinajstić information content (AvgIpc) is 2.50. The van der Waals surface area contributed by atoms with Crippen LogP contribution in [0.3, 0.4) is 0 Å². The van der Waals surface area contributed by atoms with Crippen molar-refractivity contribution in [2.24, 2.45) is 5.92 Å². The molecule has 2 N–H and O–H groups in total. The summed E-state index contributed by atoms with van der Waals surface area (Å²) < 4.78 is 0. The molecule has 0 bridgehead atoms. The summed E-state index contributed by atoms with van der Waals surface area (Å²) in [6, 6.07) is 5.81. The molecule has 5 heteroatoms. The lowest BCUT2D eigenvalue weighted by molar-refractivity contribution is 0.191. The zero-order chi connectivity index (χ0) is 15.9. The highest BCUT2D eigenvalue weighted by Gasteiger charge is 2.14. The van der Waals surface area contributed by atoms with Gasteiger partial charge in [0.25, 0.3) is 0 Å². The molecule has 1 aliphatic rings. The third kappa shape index (κ3) is 5.41. The van der Waals surface area contributed by atoms with E-state index in [1.165, 1.54) is 25.9 Å². The van der Waals surface area contributed by atoms with E-state index in [2.05, 4.69) is 22.5 Å². The lowest BCUT2D eigenvalue weighted by Gasteiger charge is -2.30. The summed E-state index contributed by atoms with van der Waals surface area (Å²) in [6.45, 7) is 8.87. The molecular formula is C17H26ClN3S. The number of thiocarbonyl (C=S) groups is 1. The van der Waals surface area contributed by atoms with Gasteiger partial charge >= 0.3 is 0 Å². The molecule has 1 aromatic carbocycles. The van der Waals surface area contributed by atoms with Gasteiger partial charge in [-0.15, -0.1) is 0 Å². The van der Waals surface area contributed by atoms with Crippen LogP contribution in [0.1, 0.15) is 31.7 Å². The van der Waals surface area contributed by atoms with Crippen LogP contribution in [0.2, 0.25) is 5.02 Å². The monoisotopic (exact) mass is 339 g/mol. The molecule has 0 spiro atoms. The fraction of sp³-hybridized carbons (Fsp3) is 0.588. The van der Waals surface area contributed by atoms with Crippen molar-refractivity contribution < 1.29 is 0 Å². The molecule has 22 heavy (non-hydrogen) atoms. The van der Waals surface area contributed by atoms with Crippen molar-refractivity contribution in [3.63, 3.8) is 0 Å². The molecule has 0 aromatic heterocycles. The van der Waals surface area contributed by atoms with Crippen LogP contribution in [0.5, 0.6) is 0 Å². The quantitative estimate of drug-likeness (QED) is 0.625. The lowest BCUT2D eigenvalue weighted by atomic mass is 9.99. The van der Waals surface area contributed by atoms with Gasteiger partial charge in [-0.05, 0) is 81.7 Å². The van der Waals surface area contributed by atoms with E-state index in [-0.39, 0.29) is 0 Å². The van der Waals surface area contributed by atoms with Crippen LogP contribution in [0.4, 0.5) is 5.69 Å². The molecule has 0 atom stereocenters. The number of anilines is 1. The van der Waals surface area contributed by atoms with Gasteiger partial charge in [0.2, 0.25) is 0 Å². The van der Waals surface area contributed by atoms with Crippen molar-refractivity contribution in [2.45, 2.75) is 33.1 Å². The third-order valence-corrected chi connectivity index (χ3v) is 4.98. The van der Waals surface area contributed by atoms with Crippen LogP contribution in [0.15, 0.2) is 18.2 Å². The Hall–Kier alpha value is -0.840. The van der Waals surface area contributed by atoms with Crippen LogP contribution in [0.25, 0.3) is 0 Å². The maximum atomic E-state index is 6.11. The zero-order valence-corrected chi connectivity index (χ0v) is 15.1. The van der Waals surface area contributed by atoms with Crippen LogP contribution in [-0.2, 0) is 0 Å². The maximum absolute atomic E-state index is 6.11. The van der Waals surface area contributed by atoms with Gasteiger partial charge in [0, 0.05) is 17.3 Å². The van der Waals surface area contributed by atoms with Gasteiger partial charge in [0.05, 0.1) is 0 Å². The van der Waals surface area contributed by atoms with Gasteiger partial charge < -0.3 is 15.5 Å². The first-order chi connectivity index (χ1) is 10.6. The molecule has 0 amide bonds. The number of piperidine rings is 1. The smallest absolute Gasteiger partial charge is 0.170 e. The Bertz CT molecular complexity index is 499. The van der Waals surface area contributed by atoms with Crippen molar-refractivity contribution in [2.75, 3.05) is 31.5 Å². The standard InChI is InChI=1S/C17H26ClN3S/c1-13-7-11-21(12-8-13)10-4-9-19-17(22)20-16-6-3-5-15(18)14(16)2/h3,5-6,13H,4,7-12H2,1-2H3,(H2,19,20,22). The predicted molar refractivity (Wildman–Crippen MR) is 99.9 cm³/mol.